The van der Waals surface area contributed by atoms with Crippen LogP contribution < -0.4 is 14.9 Å². The highest BCUT2D eigenvalue weighted by molar-refractivity contribution is 5.68. The van der Waals surface area contributed by atoms with Crippen LogP contribution in [0.1, 0.15) is 0 Å². The standard InChI is InChI=1S/C19H16O4/c1-21-15-9-7-13(8-10-15)18-11-14(20)12-19(23-18)16-5-3-4-6-17(16)22-2/h3-12H,1-2H3. The van der Waals surface area contributed by atoms with Gasteiger partial charge in [0.2, 0.25) is 0 Å². The molecular formula is C19H16O4. The third-order valence-electron chi connectivity index (χ3n) is 3.51. The van der Waals surface area contributed by atoms with Crippen LogP contribution in [0, 0.1) is 0 Å². The van der Waals surface area contributed by atoms with Gasteiger partial charge < -0.3 is 13.9 Å². The topological polar surface area (TPSA) is 48.7 Å². The van der Waals surface area contributed by atoms with Gasteiger partial charge in [-0.2, -0.15) is 0 Å². The highest BCUT2D eigenvalue weighted by Crippen LogP contribution is 2.31. The van der Waals surface area contributed by atoms with Gasteiger partial charge in [0.15, 0.2) is 5.43 Å². The summed E-state index contributed by atoms with van der Waals surface area (Å²) in [6.45, 7) is 0. The quantitative estimate of drug-likeness (QED) is 0.731. The van der Waals surface area contributed by atoms with Crippen LogP contribution in [-0.4, -0.2) is 14.2 Å². The maximum absolute atomic E-state index is 12.1. The first-order chi connectivity index (χ1) is 11.2. The molecule has 0 radical (unpaired) electrons. The van der Waals surface area contributed by atoms with Gasteiger partial charge in [0.05, 0.1) is 19.8 Å². The lowest BCUT2D eigenvalue weighted by Crippen LogP contribution is -1.99. The lowest BCUT2D eigenvalue weighted by atomic mass is 10.1. The molecule has 0 N–H and O–H groups in total. The first-order valence-electron chi connectivity index (χ1n) is 7.14. The smallest absolute Gasteiger partial charge is 0.186 e. The maximum Gasteiger partial charge on any atom is 0.186 e. The predicted molar refractivity (Wildman–Crippen MR) is 89.0 cm³/mol. The van der Waals surface area contributed by atoms with Crippen LogP contribution in [0.5, 0.6) is 11.5 Å². The number of rotatable bonds is 4. The van der Waals surface area contributed by atoms with E-state index in [0.717, 1.165) is 16.9 Å². The van der Waals surface area contributed by atoms with Crippen LogP contribution in [0.3, 0.4) is 0 Å². The van der Waals surface area contributed by atoms with Crippen molar-refractivity contribution in [1.82, 2.24) is 0 Å². The number of benzene rings is 2. The van der Waals surface area contributed by atoms with E-state index in [4.69, 9.17) is 13.9 Å². The van der Waals surface area contributed by atoms with Gasteiger partial charge in [0.25, 0.3) is 0 Å². The lowest BCUT2D eigenvalue weighted by Gasteiger charge is -2.09. The second-order valence-electron chi connectivity index (χ2n) is 4.95. The van der Waals surface area contributed by atoms with E-state index in [1.54, 1.807) is 14.2 Å². The second kappa shape index (κ2) is 6.40. The molecular weight excluding hydrogens is 292 g/mol. The van der Waals surface area contributed by atoms with E-state index in [0.29, 0.717) is 17.3 Å². The van der Waals surface area contributed by atoms with E-state index >= 15 is 0 Å². The molecule has 116 valence electrons. The summed E-state index contributed by atoms with van der Waals surface area (Å²) in [5.41, 5.74) is 1.42. The Bertz CT molecular complexity index is 863. The van der Waals surface area contributed by atoms with E-state index in [9.17, 15) is 4.79 Å². The molecule has 0 spiro atoms. The van der Waals surface area contributed by atoms with E-state index in [1.807, 2.05) is 48.5 Å². The van der Waals surface area contributed by atoms with Crippen molar-refractivity contribution in [3.63, 3.8) is 0 Å². The monoisotopic (exact) mass is 308 g/mol. The van der Waals surface area contributed by atoms with Crippen LogP contribution >= 0.6 is 0 Å². The largest absolute Gasteiger partial charge is 0.497 e. The maximum atomic E-state index is 12.1. The molecule has 0 aliphatic carbocycles. The van der Waals surface area contributed by atoms with Crippen LogP contribution in [-0.2, 0) is 0 Å². The van der Waals surface area contributed by atoms with Gasteiger partial charge in [0, 0.05) is 17.7 Å². The van der Waals surface area contributed by atoms with Crippen molar-refractivity contribution >= 4 is 0 Å². The molecule has 1 heterocycles. The Labute approximate surface area is 133 Å². The summed E-state index contributed by atoms with van der Waals surface area (Å²) in [6.07, 6.45) is 0. The Morgan fingerprint density at radius 1 is 0.826 bits per heavy atom. The molecule has 1 aromatic heterocycles. The highest BCUT2D eigenvalue weighted by atomic mass is 16.5. The molecule has 23 heavy (non-hydrogen) atoms. The summed E-state index contributed by atoms with van der Waals surface area (Å²) in [6, 6.07) is 17.7. The number of methoxy groups -OCH3 is 2. The lowest BCUT2D eigenvalue weighted by molar-refractivity contribution is 0.414. The first-order valence-corrected chi connectivity index (χ1v) is 7.14. The van der Waals surface area contributed by atoms with Crippen molar-refractivity contribution in [2.24, 2.45) is 0 Å². The molecule has 0 aliphatic heterocycles. The molecule has 0 aliphatic rings. The van der Waals surface area contributed by atoms with E-state index in [2.05, 4.69) is 0 Å². The minimum atomic E-state index is -0.122. The zero-order valence-electron chi connectivity index (χ0n) is 12.9. The highest BCUT2D eigenvalue weighted by Gasteiger charge is 2.11. The molecule has 0 fully saturated rings. The summed E-state index contributed by atoms with van der Waals surface area (Å²) in [4.78, 5) is 12.1. The molecule has 0 amide bonds. The molecule has 2 aromatic carbocycles. The normalized spacial score (nSPS) is 10.3. The van der Waals surface area contributed by atoms with Crippen molar-refractivity contribution in [2.75, 3.05) is 14.2 Å². The Kier molecular flexibility index (Phi) is 4.15. The molecule has 0 bridgehead atoms. The Balaban J connectivity index is 2.10. The van der Waals surface area contributed by atoms with Gasteiger partial charge in [-0.05, 0) is 36.4 Å². The molecule has 3 aromatic rings. The number of ether oxygens (including phenoxy) is 2. The molecule has 4 heteroatoms. The fourth-order valence-electron chi connectivity index (χ4n) is 2.36. The van der Waals surface area contributed by atoms with E-state index < -0.39 is 0 Å². The molecule has 0 atom stereocenters. The van der Waals surface area contributed by atoms with Crippen molar-refractivity contribution in [1.29, 1.82) is 0 Å². The Hall–Kier alpha value is -3.01. The van der Waals surface area contributed by atoms with Gasteiger partial charge in [-0.3, -0.25) is 4.79 Å². The van der Waals surface area contributed by atoms with Crippen LogP contribution in [0.15, 0.2) is 69.9 Å². The SMILES string of the molecule is COc1ccc(-c2cc(=O)cc(-c3ccccc3OC)o2)cc1. The third-order valence-corrected chi connectivity index (χ3v) is 3.51. The third kappa shape index (κ3) is 3.11. The van der Waals surface area contributed by atoms with Crippen molar-refractivity contribution in [3.8, 4) is 34.1 Å². The van der Waals surface area contributed by atoms with Crippen molar-refractivity contribution in [2.45, 2.75) is 0 Å². The zero-order valence-corrected chi connectivity index (χ0v) is 12.9. The van der Waals surface area contributed by atoms with E-state index in [1.165, 1.54) is 12.1 Å². The molecule has 0 saturated carbocycles. The average molecular weight is 308 g/mol. The van der Waals surface area contributed by atoms with E-state index in [-0.39, 0.29) is 5.43 Å². The van der Waals surface area contributed by atoms with Crippen LogP contribution in [0.2, 0.25) is 0 Å². The molecule has 0 unspecified atom stereocenters. The minimum absolute atomic E-state index is 0.122. The van der Waals surface area contributed by atoms with Crippen molar-refractivity contribution in [3.05, 3.63) is 70.9 Å². The Morgan fingerprint density at radius 3 is 2.22 bits per heavy atom. The van der Waals surface area contributed by atoms with Gasteiger partial charge >= 0.3 is 0 Å². The summed E-state index contributed by atoms with van der Waals surface area (Å²) < 4.78 is 16.4. The summed E-state index contributed by atoms with van der Waals surface area (Å²) in [7, 11) is 3.20. The number of hydrogen-bond acceptors (Lipinski definition) is 4. The second-order valence-corrected chi connectivity index (χ2v) is 4.95. The summed E-state index contributed by atoms with van der Waals surface area (Å²) >= 11 is 0. The summed E-state index contributed by atoms with van der Waals surface area (Å²) in [5.74, 6) is 2.38. The predicted octanol–water partition coefficient (Wildman–Crippen LogP) is 3.99. The molecule has 4 nitrogen and oxygen atoms in total. The van der Waals surface area contributed by atoms with Gasteiger partial charge in [0.1, 0.15) is 23.0 Å². The first kappa shape index (κ1) is 14.9. The fraction of sp³-hybridized carbons (Fsp3) is 0.105. The molecule has 0 saturated heterocycles. The van der Waals surface area contributed by atoms with Gasteiger partial charge in [-0.15, -0.1) is 0 Å². The summed E-state index contributed by atoms with van der Waals surface area (Å²) in [5, 5.41) is 0. The minimum Gasteiger partial charge on any atom is -0.497 e. The number of hydrogen-bond donors (Lipinski definition) is 0. The fourth-order valence-corrected chi connectivity index (χ4v) is 2.36. The molecule has 3 rings (SSSR count). The van der Waals surface area contributed by atoms with Crippen molar-refractivity contribution < 1.29 is 13.9 Å². The van der Waals surface area contributed by atoms with Gasteiger partial charge in [-0.1, -0.05) is 12.1 Å². The average Bonchev–Trinajstić information content (AvgIpc) is 2.61. The van der Waals surface area contributed by atoms with Crippen LogP contribution in [0.25, 0.3) is 22.6 Å². The Morgan fingerprint density at radius 2 is 1.52 bits per heavy atom. The number of para-hydroxylation sites is 1. The van der Waals surface area contributed by atoms with Crippen LogP contribution in [0.4, 0.5) is 0 Å². The zero-order chi connectivity index (χ0) is 16.2. The van der Waals surface area contributed by atoms with Gasteiger partial charge in [-0.25, -0.2) is 0 Å².